The molecular weight excluding hydrogens is 204 g/mol. The number of H-pyrrole nitrogens is 1. The second kappa shape index (κ2) is 5.65. The molecule has 1 rings (SSSR count). The minimum Gasteiger partial charge on any atom is -0.352 e. The van der Waals surface area contributed by atoms with Crippen molar-refractivity contribution in [3.05, 3.63) is 17.5 Å². The molecule has 0 radical (unpaired) electrons. The van der Waals surface area contributed by atoms with Gasteiger partial charge in [0.15, 0.2) is 0 Å². The lowest BCUT2D eigenvalue weighted by Crippen LogP contribution is -2.37. The molecule has 4 N–H and O–H groups in total. The summed E-state index contributed by atoms with van der Waals surface area (Å²) in [5.41, 5.74) is 7.56. The summed E-state index contributed by atoms with van der Waals surface area (Å²) >= 11 is 0. The number of hydrogen-bond donors (Lipinski definition) is 3. The average Bonchev–Trinajstić information content (AvgIpc) is 2.61. The number of nitrogens with one attached hydrogen (secondary N) is 2. The normalized spacial score (nSPS) is 12.8. The highest BCUT2D eigenvalue weighted by Crippen LogP contribution is 2.10. The zero-order chi connectivity index (χ0) is 12.1. The van der Waals surface area contributed by atoms with Gasteiger partial charge in [0, 0.05) is 24.3 Å². The van der Waals surface area contributed by atoms with Gasteiger partial charge in [-0.05, 0) is 12.8 Å². The lowest BCUT2D eigenvalue weighted by Gasteiger charge is -2.18. The summed E-state index contributed by atoms with van der Waals surface area (Å²) in [6, 6.07) is 0. The van der Waals surface area contributed by atoms with Gasteiger partial charge in [0.1, 0.15) is 0 Å². The second-order valence-electron chi connectivity index (χ2n) is 4.32. The molecule has 0 fully saturated rings. The van der Waals surface area contributed by atoms with Gasteiger partial charge >= 0.3 is 0 Å². The number of carbonyl (C=O) groups excluding carboxylic acids is 1. The van der Waals surface area contributed by atoms with Crippen LogP contribution in [0.3, 0.4) is 0 Å². The van der Waals surface area contributed by atoms with Crippen LogP contribution in [-0.2, 0) is 11.3 Å². The van der Waals surface area contributed by atoms with Crippen molar-refractivity contribution in [3.8, 4) is 0 Å². The molecule has 90 valence electrons. The first-order chi connectivity index (χ1) is 7.56. The van der Waals surface area contributed by atoms with Gasteiger partial charge in [-0.15, -0.1) is 0 Å². The first-order valence-electron chi connectivity index (χ1n) is 5.52. The van der Waals surface area contributed by atoms with Crippen molar-refractivity contribution in [1.82, 2.24) is 15.5 Å². The Hall–Kier alpha value is -1.36. The molecule has 1 amide bonds. The Bertz CT molecular complexity index is 346. The third-order valence-corrected chi connectivity index (χ3v) is 2.78. The number of nitrogens with zero attached hydrogens (tertiary/aromatic N) is 1. The maximum absolute atomic E-state index is 11.8. The molecule has 5 heteroatoms. The Kier molecular flexibility index (Phi) is 4.49. The van der Waals surface area contributed by atoms with Gasteiger partial charge in [-0.2, -0.15) is 5.10 Å². The van der Waals surface area contributed by atoms with E-state index in [1.54, 1.807) is 6.20 Å². The number of aromatic amines is 1. The van der Waals surface area contributed by atoms with E-state index in [0.717, 1.165) is 11.3 Å². The zero-order valence-corrected chi connectivity index (χ0v) is 10.1. The van der Waals surface area contributed by atoms with Gasteiger partial charge in [0.2, 0.25) is 5.91 Å². The number of hydrogen-bond acceptors (Lipinski definition) is 3. The van der Waals surface area contributed by atoms with Crippen LogP contribution in [0.4, 0.5) is 0 Å². The Balaban J connectivity index is 2.49. The summed E-state index contributed by atoms with van der Waals surface area (Å²) < 4.78 is 0. The number of carbonyl (C=O) groups is 1. The zero-order valence-electron chi connectivity index (χ0n) is 10.1. The second-order valence-corrected chi connectivity index (χ2v) is 4.32. The lowest BCUT2D eigenvalue weighted by molar-refractivity contribution is -0.126. The predicted molar refractivity (Wildman–Crippen MR) is 62.6 cm³/mol. The number of amides is 1. The van der Waals surface area contributed by atoms with Crippen molar-refractivity contribution in [3.63, 3.8) is 0 Å². The fourth-order valence-electron chi connectivity index (χ4n) is 1.55. The molecule has 1 aromatic heterocycles. The largest absolute Gasteiger partial charge is 0.352 e. The molecular formula is C11H20N4O. The van der Waals surface area contributed by atoms with Crippen LogP contribution in [0.25, 0.3) is 0 Å². The van der Waals surface area contributed by atoms with E-state index in [2.05, 4.69) is 15.5 Å². The van der Waals surface area contributed by atoms with E-state index in [4.69, 9.17) is 5.73 Å². The van der Waals surface area contributed by atoms with E-state index in [1.165, 1.54) is 0 Å². The molecule has 1 heterocycles. The molecule has 0 saturated heterocycles. The van der Waals surface area contributed by atoms with E-state index in [-0.39, 0.29) is 17.7 Å². The summed E-state index contributed by atoms with van der Waals surface area (Å²) in [6.45, 7) is 6.82. The molecule has 5 nitrogen and oxygen atoms in total. The number of nitrogens with two attached hydrogens (primary N) is 1. The van der Waals surface area contributed by atoms with Crippen LogP contribution in [0, 0.1) is 18.8 Å². The van der Waals surface area contributed by atoms with Gasteiger partial charge in [-0.3, -0.25) is 9.89 Å². The molecule has 16 heavy (non-hydrogen) atoms. The van der Waals surface area contributed by atoms with Crippen LogP contribution >= 0.6 is 0 Å². The van der Waals surface area contributed by atoms with E-state index < -0.39 is 0 Å². The fourth-order valence-corrected chi connectivity index (χ4v) is 1.55. The van der Waals surface area contributed by atoms with Crippen molar-refractivity contribution in [1.29, 1.82) is 0 Å². The van der Waals surface area contributed by atoms with E-state index >= 15 is 0 Å². The van der Waals surface area contributed by atoms with Crippen molar-refractivity contribution in [2.75, 3.05) is 6.54 Å². The standard InChI is InChI=1S/C11H20N4O/c1-7(2)10(4-12)11(16)13-5-9-6-14-15-8(9)3/h6-7,10H,4-5,12H2,1-3H3,(H,13,16)(H,14,15). The van der Waals surface area contributed by atoms with E-state index in [9.17, 15) is 4.79 Å². The van der Waals surface area contributed by atoms with Crippen LogP contribution in [0.15, 0.2) is 6.20 Å². The van der Waals surface area contributed by atoms with Gasteiger partial charge in [-0.1, -0.05) is 13.8 Å². The fraction of sp³-hybridized carbons (Fsp3) is 0.636. The van der Waals surface area contributed by atoms with E-state index in [1.807, 2.05) is 20.8 Å². The summed E-state index contributed by atoms with van der Waals surface area (Å²) in [4.78, 5) is 11.8. The summed E-state index contributed by atoms with van der Waals surface area (Å²) in [7, 11) is 0. The highest BCUT2D eigenvalue weighted by Gasteiger charge is 2.20. The monoisotopic (exact) mass is 224 g/mol. The Morgan fingerprint density at radius 3 is 2.75 bits per heavy atom. The Morgan fingerprint density at radius 1 is 1.62 bits per heavy atom. The van der Waals surface area contributed by atoms with E-state index in [0.29, 0.717) is 13.1 Å². The SMILES string of the molecule is Cc1[nH]ncc1CNC(=O)C(CN)C(C)C. The molecule has 0 aliphatic rings. The van der Waals surface area contributed by atoms with Crippen molar-refractivity contribution in [2.24, 2.45) is 17.6 Å². The van der Waals surface area contributed by atoms with Gasteiger partial charge < -0.3 is 11.1 Å². The minimum absolute atomic E-state index is 0.0121. The topological polar surface area (TPSA) is 83.8 Å². The number of aromatic nitrogens is 2. The lowest BCUT2D eigenvalue weighted by atomic mass is 9.95. The van der Waals surface area contributed by atoms with Crippen LogP contribution in [-0.4, -0.2) is 22.6 Å². The molecule has 0 bridgehead atoms. The summed E-state index contributed by atoms with van der Waals surface area (Å²) in [5, 5.41) is 9.61. The van der Waals surface area contributed by atoms with Crippen LogP contribution < -0.4 is 11.1 Å². The average molecular weight is 224 g/mol. The van der Waals surface area contributed by atoms with Crippen LogP contribution in [0.5, 0.6) is 0 Å². The molecule has 0 aliphatic carbocycles. The van der Waals surface area contributed by atoms with Gasteiger partial charge in [0.25, 0.3) is 0 Å². The van der Waals surface area contributed by atoms with Crippen LogP contribution in [0.1, 0.15) is 25.1 Å². The van der Waals surface area contributed by atoms with Gasteiger partial charge in [-0.25, -0.2) is 0 Å². The number of aryl methyl sites for hydroxylation is 1. The quantitative estimate of drug-likeness (QED) is 0.683. The molecule has 1 unspecified atom stereocenters. The third kappa shape index (κ3) is 3.06. The molecule has 1 atom stereocenters. The van der Waals surface area contributed by atoms with Crippen molar-refractivity contribution < 1.29 is 4.79 Å². The third-order valence-electron chi connectivity index (χ3n) is 2.78. The molecule has 1 aromatic rings. The van der Waals surface area contributed by atoms with Crippen molar-refractivity contribution in [2.45, 2.75) is 27.3 Å². The Morgan fingerprint density at radius 2 is 2.31 bits per heavy atom. The highest BCUT2D eigenvalue weighted by molar-refractivity contribution is 5.79. The minimum atomic E-state index is -0.118. The molecule has 0 spiro atoms. The number of rotatable bonds is 5. The first-order valence-corrected chi connectivity index (χ1v) is 5.52. The molecule has 0 aliphatic heterocycles. The van der Waals surface area contributed by atoms with Gasteiger partial charge in [0.05, 0.1) is 12.1 Å². The molecule has 0 aromatic carbocycles. The highest BCUT2D eigenvalue weighted by atomic mass is 16.1. The summed E-state index contributed by atoms with van der Waals surface area (Å²) in [5.74, 6) is 0.153. The molecule has 0 saturated carbocycles. The van der Waals surface area contributed by atoms with Crippen molar-refractivity contribution >= 4 is 5.91 Å². The Labute approximate surface area is 95.8 Å². The predicted octanol–water partition coefficient (Wildman–Crippen LogP) is 0.565. The maximum Gasteiger partial charge on any atom is 0.224 e. The summed E-state index contributed by atoms with van der Waals surface area (Å²) in [6.07, 6.45) is 1.72. The maximum atomic E-state index is 11.8. The first kappa shape index (κ1) is 12.7. The van der Waals surface area contributed by atoms with Crippen LogP contribution in [0.2, 0.25) is 0 Å². The smallest absolute Gasteiger partial charge is 0.224 e.